The summed E-state index contributed by atoms with van der Waals surface area (Å²) in [6.07, 6.45) is 2.03. The van der Waals surface area contributed by atoms with Crippen molar-refractivity contribution >= 4 is 11.8 Å². The molecule has 0 radical (unpaired) electrons. The molecule has 0 saturated carbocycles. The maximum Gasteiger partial charge on any atom is 0.132 e. The molecule has 72 valence electrons. The van der Waals surface area contributed by atoms with E-state index in [1.165, 1.54) is 0 Å². The summed E-state index contributed by atoms with van der Waals surface area (Å²) < 4.78 is 5.25. The maximum atomic E-state index is 5.84. The molecule has 0 aliphatic carbocycles. The SMILES string of the molecule is COc1cccc(C(C)N)c1SC. The van der Waals surface area contributed by atoms with Gasteiger partial charge < -0.3 is 10.5 Å². The van der Waals surface area contributed by atoms with E-state index >= 15 is 0 Å². The Morgan fingerprint density at radius 2 is 2.15 bits per heavy atom. The Hall–Kier alpha value is -0.670. The lowest BCUT2D eigenvalue weighted by atomic mass is 10.1. The van der Waals surface area contributed by atoms with E-state index in [-0.39, 0.29) is 6.04 Å². The highest BCUT2D eigenvalue weighted by Gasteiger charge is 2.10. The fourth-order valence-electron chi connectivity index (χ4n) is 1.27. The first-order chi connectivity index (χ1) is 6.20. The second kappa shape index (κ2) is 4.53. The first-order valence-electron chi connectivity index (χ1n) is 4.17. The average Bonchev–Trinajstić information content (AvgIpc) is 2.16. The highest BCUT2D eigenvalue weighted by Crippen LogP contribution is 2.33. The topological polar surface area (TPSA) is 35.2 Å². The van der Waals surface area contributed by atoms with Gasteiger partial charge in [0.1, 0.15) is 5.75 Å². The average molecular weight is 197 g/mol. The number of hydrogen-bond acceptors (Lipinski definition) is 3. The summed E-state index contributed by atoms with van der Waals surface area (Å²) in [6, 6.07) is 6.02. The summed E-state index contributed by atoms with van der Waals surface area (Å²) >= 11 is 1.67. The van der Waals surface area contributed by atoms with E-state index in [0.29, 0.717) is 0 Å². The zero-order valence-electron chi connectivity index (χ0n) is 8.20. The van der Waals surface area contributed by atoms with Gasteiger partial charge in [-0.15, -0.1) is 11.8 Å². The van der Waals surface area contributed by atoms with Crippen LogP contribution in [0, 0.1) is 0 Å². The Bertz CT molecular complexity index is 286. The summed E-state index contributed by atoms with van der Waals surface area (Å²) in [5.41, 5.74) is 6.99. The van der Waals surface area contributed by atoms with Gasteiger partial charge in [-0.25, -0.2) is 0 Å². The number of ether oxygens (including phenoxy) is 1. The summed E-state index contributed by atoms with van der Waals surface area (Å²) in [5.74, 6) is 0.905. The number of rotatable bonds is 3. The van der Waals surface area contributed by atoms with Gasteiger partial charge in [0, 0.05) is 6.04 Å². The fraction of sp³-hybridized carbons (Fsp3) is 0.400. The van der Waals surface area contributed by atoms with Crippen LogP contribution in [0.15, 0.2) is 23.1 Å². The lowest BCUT2D eigenvalue weighted by Gasteiger charge is -2.13. The molecule has 0 spiro atoms. The summed E-state index contributed by atoms with van der Waals surface area (Å²) in [6.45, 7) is 1.98. The van der Waals surface area contributed by atoms with Crippen LogP contribution in [0.25, 0.3) is 0 Å². The Labute approximate surface area is 83.5 Å². The van der Waals surface area contributed by atoms with Gasteiger partial charge in [0.15, 0.2) is 0 Å². The monoisotopic (exact) mass is 197 g/mol. The molecule has 1 aromatic carbocycles. The van der Waals surface area contributed by atoms with Crippen LogP contribution in [0.5, 0.6) is 5.75 Å². The van der Waals surface area contributed by atoms with Crippen LogP contribution in [0.1, 0.15) is 18.5 Å². The third-order valence-corrected chi connectivity index (χ3v) is 2.77. The zero-order chi connectivity index (χ0) is 9.84. The van der Waals surface area contributed by atoms with Crippen molar-refractivity contribution in [2.75, 3.05) is 13.4 Å². The Morgan fingerprint density at radius 1 is 1.46 bits per heavy atom. The van der Waals surface area contributed by atoms with Gasteiger partial charge in [-0.1, -0.05) is 12.1 Å². The maximum absolute atomic E-state index is 5.84. The molecule has 1 aromatic rings. The molecule has 3 heteroatoms. The molecular weight excluding hydrogens is 182 g/mol. The van der Waals surface area contributed by atoms with Crippen LogP contribution < -0.4 is 10.5 Å². The predicted octanol–water partition coefficient (Wildman–Crippen LogP) is 2.44. The fourth-order valence-corrected chi connectivity index (χ4v) is 2.11. The lowest BCUT2D eigenvalue weighted by Crippen LogP contribution is -2.06. The van der Waals surface area contributed by atoms with Gasteiger partial charge in [0.25, 0.3) is 0 Å². The molecule has 0 amide bonds. The van der Waals surface area contributed by atoms with E-state index in [9.17, 15) is 0 Å². The van der Waals surface area contributed by atoms with E-state index in [1.807, 2.05) is 31.4 Å². The van der Waals surface area contributed by atoms with Crippen LogP contribution in [-0.4, -0.2) is 13.4 Å². The first-order valence-corrected chi connectivity index (χ1v) is 5.39. The number of hydrogen-bond donors (Lipinski definition) is 1. The van der Waals surface area contributed by atoms with Crippen molar-refractivity contribution < 1.29 is 4.74 Å². The normalized spacial score (nSPS) is 12.6. The number of thioether (sulfide) groups is 1. The predicted molar refractivity (Wildman–Crippen MR) is 57.4 cm³/mol. The van der Waals surface area contributed by atoms with Crippen molar-refractivity contribution in [3.05, 3.63) is 23.8 Å². The van der Waals surface area contributed by atoms with Gasteiger partial charge in [-0.2, -0.15) is 0 Å². The molecule has 1 atom stereocenters. The van der Waals surface area contributed by atoms with Gasteiger partial charge in [0.2, 0.25) is 0 Å². The Morgan fingerprint density at radius 3 is 2.62 bits per heavy atom. The van der Waals surface area contributed by atoms with Crippen LogP contribution in [0.2, 0.25) is 0 Å². The molecule has 13 heavy (non-hydrogen) atoms. The van der Waals surface area contributed by atoms with Crippen molar-refractivity contribution in [2.45, 2.75) is 17.9 Å². The minimum atomic E-state index is 0.0533. The molecule has 0 bridgehead atoms. The molecule has 2 nitrogen and oxygen atoms in total. The largest absolute Gasteiger partial charge is 0.496 e. The summed E-state index contributed by atoms with van der Waals surface area (Å²) in [4.78, 5) is 1.14. The van der Waals surface area contributed by atoms with Crippen LogP contribution in [-0.2, 0) is 0 Å². The zero-order valence-corrected chi connectivity index (χ0v) is 9.02. The summed E-state index contributed by atoms with van der Waals surface area (Å²) in [5, 5.41) is 0. The lowest BCUT2D eigenvalue weighted by molar-refractivity contribution is 0.403. The van der Waals surface area contributed by atoms with E-state index in [0.717, 1.165) is 16.2 Å². The van der Waals surface area contributed by atoms with Crippen molar-refractivity contribution in [3.8, 4) is 5.75 Å². The standard InChI is InChI=1S/C10H15NOS/c1-7(11)8-5-4-6-9(12-2)10(8)13-3/h4-7H,11H2,1-3H3. The van der Waals surface area contributed by atoms with Crippen LogP contribution >= 0.6 is 11.8 Å². The minimum Gasteiger partial charge on any atom is -0.496 e. The highest BCUT2D eigenvalue weighted by molar-refractivity contribution is 7.98. The van der Waals surface area contributed by atoms with Crippen LogP contribution in [0.4, 0.5) is 0 Å². The quantitative estimate of drug-likeness (QED) is 0.756. The molecule has 0 saturated heterocycles. The Balaban J connectivity index is 3.19. The van der Waals surface area contributed by atoms with E-state index in [2.05, 4.69) is 0 Å². The van der Waals surface area contributed by atoms with Crippen LogP contribution in [0.3, 0.4) is 0 Å². The van der Waals surface area contributed by atoms with Crippen molar-refractivity contribution in [1.29, 1.82) is 0 Å². The molecule has 1 rings (SSSR count). The molecule has 0 fully saturated rings. The summed E-state index contributed by atoms with van der Waals surface area (Å²) in [7, 11) is 1.68. The highest BCUT2D eigenvalue weighted by atomic mass is 32.2. The molecule has 0 aliphatic rings. The molecule has 0 aromatic heterocycles. The second-order valence-corrected chi connectivity index (χ2v) is 3.69. The van der Waals surface area contributed by atoms with Crippen molar-refractivity contribution in [2.24, 2.45) is 5.73 Å². The molecule has 2 N–H and O–H groups in total. The van der Waals surface area contributed by atoms with E-state index in [1.54, 1.807) is 18.9 Å². The van der Waals surface area contributed by atoms with Gasteiger partial charge in [-0.05, 0) is 24.8 Å². The van der Waals surface area contributed by atoms with Gasteiger partial charge >= 0.3 is 0 Å². The first kappa shape index (κ1) is 10.4. The van der Waals surface area contributed by atoms with Crippen molar-refractivity contribution in [1.82, 2.24) is 0 Å². The number of benzene rings is 1. The van der Waals surface area contributed by atoms with Crippen molar-refractivity contribution in [3.63, 3.8) is 0 Å². The minimum absolute atomic E-state index is 0.0533. The van der Waals surface area contributed by atoms with E-state index < -0.39 is 0 Å². The third-order valence-electron chi connectivity index (χ3n) is 1.92. The Kier molecular flexibility index (Phi) is 3.63. The second-order valence-electron chi connectivity index (χ2n) is 2.87. The molecular formula is C10H15NOS. The number of nitrogens with two attached hydrogens (primary N) is 1. The molecule has 0 heterocycles. The van der Waals surface area contributed by atoms with Gasteiger partial charge in [0.05, 0.1) is 12.0 Å². The van der Waals surface area contributed by atoms with Gasteiger partial charge in [-0.3, -0.25) is 0 Å². The molecule has 1 unspecified atom stereocenters. The third kappa shape index (κ3) is 2.17. The smallest absolute Gasteiger partial charge is 0.132 e. The van der Waals surface area contributed by atoms with E-state index in [4.69, 9.17) is 10.5 Å². The molecule has 0 aliphatic heterocycles. The number of methoxy groups -OCH3 is 1.